The van der Waals surface area contributed by atoms with Crippen LogP contribution in [0.1, 0.15) is 158 Å². The van der Waals surface area contributed by atoms with E-state index >= 15 is 0 Å². The van der Waals surface area contributed by atoms with E-state index in [0.717, 1.165) is 169 Å². The second-order valence-electron chi connectivity index (χ2n) is 17.3. The zero-order chi connectivity index (χ0) is 47.9. The van der Waals surface area contributed by atoms with Crippen LogP contribution < -0.4 is 58.6 Å². The molecule has 0 radical (unpaired) electrons. The quantitative estimate of drug-likeness (QED) is 0.0322. The number of ether oxygens (including phenoxy) is 8. The van der Waals surface area contributed by atoms with Gasteiger partial charge in [0.2, 0.25) is 18.1 Å². The first-order chi connectivity index (χ1) is 32.9. The fourth-order valence-corrected chi connectivity index (χ4v) is 14.1. The summed E-state index contributed by atoms with van der Waals surface area (Å²) >= 11 is 0. The van der Waals surface area contributed by atoms with E-state index < -0.39 is 18.1 Å². The largest absolute Gasteiger partial charge is 0.493 e. The van der Waals surface area contributed by atoms with Crippen molar-refractivity contribution < 1.29 is 42.0 Å². The predicted octanol–water partition coefficient (Wildman–Crippen LogP) is 11.5. The summed E-state index contributed by atoms with van der Waals surface area (Å²) in [6, 6.07) is 25.3. The summed E-state index contributed by atoms with van der Waals surface area (Å²) in [5.74, 6) is 6.31. The molecule has 0 atom stereocenters. The Hall–Kier alpha value is -4.33. The maximum atomic E-state index is 8.13. The van der Waals surface area contributed by atoms with Crippen molar-refractivity contribution in [3.8, 4) is 46.0 Å². The van der Waals surface area contributed by atoms with Crippen molar-refractivity contribution in [2.24, 2.45) is 0 Å². The van der Waals surface area contributed by atoms with Gasteiger partial charge in [-0.25, -0.2) is 0 Å². The summed E-state index contributed by atoms with van der Waals surface area (Å²) in [5, 5.41) is 4.10. The molecule has 9 nitrogen and oxygen atoms in total. The zero-order valence-electron chi connectivity index (χ0n) is 42.7. The highest BCUT2D eigenvalue weighted by atomic mass is 28.4. The first-order valence-electron chi connectivity index (χ1n) is 26.2. The van der Waals surface area contributed by atoms with E-state index in [1.807, 2.05) is 0 Å². The highest BCUT2D eigenvalue weighted by Gasteiger charge is 2.35. The second kappa shape index (κ2) is 33.2. The maximum Gasteiger partial charge on any atom is 0.236 e. The molecule has 67 heavy (non-hydrogen) atoms. The Kier molecular flexibility index (Phi) is 27.4. The lowest BCUT2D eigenvalue weighted by atomic mass is 10.3. The molecule has 372 valence electrons. The van der Waals surface area contributed by atoms with E-state index in [4.69, 9.17) is 42.0 Å². The molecule has 4 aromatic carbocycles. The molecule has 0 aliphatic rings. The minimum atomic E-state index is -2.79. The van der Waals surface area contributed by atoms with Crippen molar-refractivity contribution in [2.75, 3.05) is 52.9 Å². The number of benzene rings is 4. The van der Waals surface area contributed by atoms with Crippen molar-refractivity contribution >= 4 is 38.8 Å². The number of hydrogen-bond donors (Lipinski definition) is 0. The molecule has 11 heteroatoms. The van der Waals surface area contributed by atoms with Crippen LogP contribution in [0.15, 0.2) is 72.8 Å². The van der Waals surface area contributed by atoms with Crippen LogP contribution in [0.25, 0.3) is 0 Å². The third kappa shape index (κ3) is 18.9. The van der Waals surface area contributed by atoms with Crippen LogP contribution in [-0.4, -0.2) is 70.9 Å². The van der Waals surface area contributed by atoms with Crippen molar-refractivity contribution in [2.45, 2.75) is 158 Å². The zero-order valence-corrected chi connectivity index (χ0v) is 45.0. The summed E-state index contributed by atoms with van der Waals surface area (Å²) in [4.78, 5) is 0. The van der Waals surface area contributed by atoms with Gasteiger partial charge in [0.05, 0.1) is 52.9 Å². The monoisotopic (exact) mass is 959 g/mol. The SMILES string of the molecule is CCCCOc1ccc([SiH](O[SiH](c2ccc(OCCCC)cc2OCCCC)c2ccc(OCCCC)cc2OCCCC)c2ccc(OCCCC)cc2OCCCC)c(OCCCC)c1. The van der Waals surface area contributed by atoms with Crippen LogP contribution in [-0.2, 0) is 4.12 Å². The van der Waals surface area contributed by atoms with Gasteiger partial charge in [-0.3, -0.25) is 0 Å². The van der Waals surface area contributed by atoms with Crippen LogP contribution in [0, 0.1) is 0 Å². The lowest BCUT2D eigenvalue weighted by Crippen LogP contribution is -2.57. The maximum absolute atomic E-state index is 8.13. The third-order valence-corrected chi connectivity index (χ3v) is 17.8. The molecule has 0 bridgehead atoms. The fraction of sp³-hybridized carbons (Fsp3) is 0.571. The average molecular weight is 959 g/mol. The molecule has 0 heterocycles. The standard InChI is InChI=1S/C56H86O9Si2/c1-9-17-33-57-45-25-29-53(49(41-45)61-37-21-13-5)66(54-30-26-46(58-34-18-10-2)42-50(54)62-38-22-14-6)65-67(55-31-27-47(59-35-19-11-3)43-51(55)63-39-23-15-7)56-32-28-48(60-36-20-12-4)44-52(56)64-40-24-16-8/h25-32,41-44,66-67H,9-24,33-40H2,1-8H3. The number of rotatable bonds is 38. The highest BCUT2D eigenvalue weighted by molar-refractivity contribution is 6.93. The Labute approximate surface area is 409 Å². The van der Waals surface area contributed by atoms with Gasteiger partial charge >= 0.3 is 0 Å². The van der Waals surface area contributed by atoms with Crippen molar-refractivity contribution in [3.05, 3.63) is 72.8 Å². The van der Waals surface area contributed by atoms with Gasteiger partial charge in [0.1, 0.15) is 46.0 Å². The smallest absolute Gasteiger partial charge is 0.236 e. The Morgan fingerprint density at radius 1 is 0.269 bits per heavy atom. The molecular formula is C56H86O9Si2. The molecule has 4 rings (SSSR count). The van der Waals surface area contributed by atoms with E-state index in [9.17, 15) is 0 Å². The summed E-state index contributed by atoms with van der Waals surface area (Å²) in [6.07, 6.45) is 15.9. The molecule has 0 N–H and O–H groups in total. The third-order valence-electron chi connectivity index (χ3n) is 11.4. The summed E-state index contributed by atoms with van der Waals surface area (Å²) in [7, 11) is -5.58. The molecule has 0 aliphatic heterocycles. The summed E-state index contributed by atoms with van der Waals surface area (Å²) < 4.78 is 60.6. The van der Waals surface area contributed by atoms with Crippen molar-refractivity contribution in [3.63, 3.8) is 0 Å². The van der Waals surface area contributed by atoms with E-state index in [2.05, 4.69) is 128 Å². The lowest BCUT2D eigenvalue weighted by molar-refractivity contribution is 0.295. The van der Waals surface area contributed by atoms with Gasteiger partial charge in [-0.2, -0.15) is 0 Å². The van der Waals surface area contributed by atoms with Crippen LogP contribution in [0.2, 0.25) is 0 Å². The topological polar surface area (TPSA) is 83.1 Å². The highest BCUT2D eigenvalue weighted by Crippen LogP contribution is 2.28. The van der Waals surface area contributed by atoms with Gasteiger partial charge in [0.25, 0.3) is 0 Å². The minimum Gasteiger partial charge on any atom is -0.493 e. The Balaban J connectivity index is 2.07. The Morgan fingerprint density at radius 3 is 0.657 bits per heavy atom. The van der Waals surface area contributed by atoms with Gasteiger partial charge in [0.15, 0.2) is 0 Å². The van der Waals surface area contributed by atoms with Crippen LogP contribution in [0.3, 0.4) is 0 Å². The molecule has 0 spiro atoms. The number of hydrogen-bond acceptors (Lipinski definition) is 9. The van der Waals surface area contributed by atoms with Crippen LogP contribution in [0.5, 0.6) is 46.0 Å². The first kappa shape index (κ1) is 55.3. The molecule has 0 saturated carbocycles. The fourth-order valence-electron chi connectivity index (χ4n) is 7.19. The Bertz CT molecular complexity index is 1670. The molecule has 0 aromatic heterocycles. The minimum absolute atomic E-state index is 0.581. The molecule has 4 aromatic rings. The molecular weight excluding hydrogens is 873 g/mol. The first-order valence-corrected chi connectivity index (χ1v) is 29.4. The van der Waals surface area contributed by atoms with Gasteiger partial charge in [-0.15, -0.1) is 0 Å². The van der Waals surface area contributed by atoms with Crippen LogP contribution in [0.4, 0.5) is 0 Å². The van der Waals surface area contributed by atoms with Gasteiger partial charge < -0.3 is 42.0 Å². The normalized spacial score (nSPS) is 11.3. The number of unbranched alkanes of at least 4 members (excludes halogenated alkanes) is 8. The van der Waals surface area contributed by atoms with Crippen molar-refractivity contribution in [1.29, 1.82) is 0 Å². The predicted molar refractivity (Wildman–Crippen MR) is 283 cm³/mol. The van der Waals surface area contributed by atoms with E-state index in [-0.39, 0.29) is 0 Å². The summed E-state index contributed by atoms with van der Waals surface area (Å²) in [5.41, 5.74) is 0. The summed E-state index contributed by atoms with van der Waals surface area (Å²) in [6.45, 7) is 22.4. The molecule has 0 aliphatic carbocycles. The van der Waals surface area contributed by atoms with Gasteiger partial charge in [-0.1, -0.05) is 131 Å². The molecule has 0 saturated heterocycles. The molecule has 0 amide bonds. The van der Waals surface area contributed by atoms with Crippen molar-refractivity contribution in [1.82, 2.24) is 0 Å². The van der Waals surface area contributed by atoms with Gasteiger partial charge in [0, 0.05) is 45.0 Å². The average Bonchev–Trinajstić information content (AvgIpc) is 3.34. The molecule has 0 fully saturated rings. The molecule has 0 unspecified atom stereocenters. The Morgan fingerprint density at radius 2 is 0.463 bits per heavy atom. The van der Waals surface area contributed by atoms with E-state index in [0.29, 0.717) is 52.9 Å². The van der Waals surface area contributed by atoms with Crippen LogP contribution >= 0.6 is 0 Å². The lowest BCUT2D eigenvalue weighted by Gasteiger charge is -2.30. The van der Waals surface area contributed by atoms with E-state index in [1.165, 1.54) is 0 Å². The van der Waals surface area contributed by atoms with E-state index in [1.54, 1.807) is 0 Å². The second-order valence-corrected chi connectivity index (χ2v) is 22.4. The van der Waals surface area contributed by atoms with Gasteiger partial charge in [-0.05, 0) is 75.6 Å².